The van der Waals surface area contributed by atoms with Crippen LogP contribution in [0, 0.1) is 12.8 Å². The lowest BCUT2D eigenvalue weighted by molar-refractivity contribution is 0.0744. The molecule has 3 aromatic rings. The maximum Gasteiger partial charge on any atom is 0.280 e. The number of alkyl halides is 2. The highest BCUT2D eigenvalue weighted by Gasteiger charge is 2.32. The largest absolute Gasteiger partial charge is 0.337 e. The quantitative estimate of drug-likeness (QED) is 0.671. The number of hydrogen-bond acceptors (Lipinski definition) is 6. The molecule has 0 aromatic carbocycles. The van der Waals surface area contributed by atoms with Crippen LogP contribution in [0.2, 0.25) is 0 Å². The molecule has 4 rings (SSSR count). The number of amides is 1. The van der Waals surface area contributed by atoms with Gasteiger partial charge in [-0.2, -0.15) is 10.1 Å². The summed E-state index contributed by atoms with van der Waals surface area (Å²) >= 11 is 0. The number of carbonyl (C=O) groups excluding carboxylic acids is 1. The highest BCUT2D eigenvalue weighted by atomic mass is 19.3. The number of rotatable bonds is 3. The second-order valence-electron chi connectivity index (χ2n) is 7.40. The standard InChI is InChI=1S/C19H21F2N7O/c1-11-4-3-5-27(18(29)15-8-22-12(2)7-23-15)9-13(11)16-6-14(17(20)21)26-19-24-10-25-28(16)19/h6-8,10-11,13,17H,3-5,9H2,1-2H3/t11-,13-/m1/s1. The summed E-state index contributed by atoms with van der Waals surface area (Å²) in [7, 11) is 0. The fourth-order valence-electron chi connectivity index (χ4n) is 3.78. The Balaban J connectivity index is 1.71. The predicted octanol–water partition coefficient (Wildman–Crippen LogP) is 2.82. The number of aromatic nitrogens is 6. The van der Waals surface area contributed by atoms with Crippen molar-refractivity contribution in [2.75, 3.05) is 13.1 Å². The molecule has 0 saturated carbocycles. The zero-order valence-corrected chi connectivity index (χ0v) is 16.2. The summed E-state index contributed by atoms with van der Waals surface area (Å²) in [5, 5.41) is 4.17. The maximum absolute atomic E-state index is 13.4. The lowest BCUT2D eigenvalue weighted by atomic mass is 9.88. The van der Waals surface area contributed by atoms with E-state index in [2.05, 4.69) is 32.0 Å². The summed E-state index contributed by atoms with van der Waals surface area (Å²) in [6, 6.07) is 1.38. The van der Waals surface area contributed by atoms with Crippen molar-refractivity contribution in [2.24, 2.45) is 5.92 Å². The number of hydrogen-bond donors (Lipinski definition) is 0. The predicted molar refractivity (Wildman–Crippen MR) is 99.6 cm³/mol. The van der Waals surface area contributed by atoms with Gasteiger partial charge in [-0.3, -0.25) is 9.78 Å². The Kier molecular flexibility index (Phi) is 5.16. The van der Waals surface area contributed by atoms with Gasteiger partial charge in [0.15, 0.2) is 0 Å². The van der Waals surface area contributed by atoms with Crippen molar-refractivity contribution >= 4 is 11.7 Å². The first kappa shape index (κ1) is 19.3. The normalized spacial score (nSPS) is 20.2. The molecule has 1 aliphatic heterocycles. The number of aryl methyl sites for hydroxylation is 1. The molecule has 1 amide bonds. The highest BCUT2D eigenvalue weighted by Crippen LogP contribution is 2.33. The molecule has 1 aliphatic rings. The van der Waals surface area contributed by atoms with E-state index in [0.29, 0.717) is 18.8 Å². The van der Waals surface area contributed by atoms with E-state index in [4.69, 9.17) is 0 Å². The van der Waals surface area contributed by atoms with E-state index in [1.165, 1.54) is 23.1 Å². The fourth-order valence-corrected chi connectivity index (χ4v) is 3.78. The molecule has 3 aromatic heterocycles. The van der Waals surface area contributed by atoms with Crippen molar-refractivity contribution in [3.8, 4) is 0 Å². The Labute approximate surface area is 166 Å². The number of halogens is 2. The summed E-state index contributed by atoms with van der Waals surface area (Å²) in [4.78, 5) is 30.9. The third kappa shape index (κ3) is 3.79. The Morgan fingerprint density at radius 2 is 2.07 bits per heavy atom. The third-order valence-corrected chi connectivity index (χ3v) is 5.38. The number of fused-ring (bicyclic) bond motifs is 1. The van der Waals surface area contributed by atoms with Crippen LogP contribution in [0.4, 0.5) is 8.78 Å². The molecule has 29 heavy (non-hydrogen) atoms. The van der Waals surface area contributed by atoms with Crippen LogP contribution in [-0.4, -0.2) is 53.4 Å². The second kappa shape index (κ2) is 7.76. The minimum absolute atomic E-state index is 0.136. The van der Waals surface area contributed by atoms with E-state index in [0.717, 1.165) is 18.5 Å². The van der Waals surface area contributed by atoms with Crippen LogP contribution in [0.25, 0.3) is 5.78 Å². The molecule has 0 radical (unpaired) electrons. The van der Waals surface area contributed by atoms with Gasteiger partial charge in [-0.25, -0.2) is 23.3 Å². The number of likely N-dealkylation sites (tertiary alicyclic amines) is 1. The van der Waals surface area contributed by atoms with Crippen LogP contribution in [0.5, 0.6) is 0 Å². The fraction of sp³-hybridized carbons (Fsp3) is 0.474. The zero-order chi connectivity index (χ0) is 20.5. The average Bonchev–Trinajstić information content (AvgIpc) is 3.10. The molecule has 0 N–H and O–H groups in total. The minimum atomic E-state index is -2.71. The molecule has 8 nitrogen and oxygen atoms in total. The molecule has 0 bridgehead atoms. The van der Waals surface area contributed by atoms with E-state index in [9.17, 15) is 13.6 Å². The Morgan fingerprint density at radius 1 is 1.24 bits per heavy atom. The first-order valence-corrected chi connectivity index (χ1v) is 9.50. The zero-order valence-electron chi connectivity index (χ0n) is 16.2. The molecular formula is C19H21F2N7O. The molecule has 0 aliphatic carbocycles. The molecule has 0 unspecified atom stereocenters. The van der Waals surface area contributed by atoms with Gasteiger partial charge < -0.3 is 4.90 Å². The van der Waals surface area contributed by atoms with Gasteiger partial charge in [0, 0.05) is 25.2 Å². The van der Waals surface area contributed by atoms with E-state index < -0.39 is 6.43 Å². The third-order valence-electron chi connectivity index (χ3n) is 5.38. The van der Waals surface area contributed by atoms with Crippen molar-refractivity contribution in [1.29, 1.82) is 0 Å². The number of nitrogens with zero attached hydrogens (tertiary/aromatic N) is 7. The number of carbonyl (C=O) groups is 1. The summed E-state index contributed by atoms with van der Waals surface area (Å²) in [6.07, 6.45) is 3.29. The SMILES string of the molecule is Cc1cnc(C(=O)N2CCC[C@@H](C)[C@H](c3cc(C(F)F)nc4ncnn34)C2)cn1. The summed E-state index contributed by atoms with van der Waals surface area (Å²) < 4.78 is 28.3. The van der Waals surface area contributed by atoms with E-state index in [1.807, 2.05) is 0 Å². The summed E-state index contributed by atoms with van der Waals surface area (Å²) in [5.74, 6) is -0.104. The molecule has 4 heterocycles. The van der Waals surface area contributed by atoms with Crippen LogP contribution in [-0.2, 0) is 0 Å². The molecular weight excluding hydrogens is 380 g/mol. The van der Waals surface area contributed by atoms with Gasteiger partial charge in [-0.15, -0.1) is 0 Å². The van der Waals surface area contributed by atoms with Crippen LogP contribution in [0.1, 0.15) is 59.7 Å². The van der Waals surface area contributed by atoms with E-state index >= 15 is 0 Å². The van der Waals surface area contributed by atoms with Gasteiger partial charge in [-0.1, -0.05) is 6.92 Å². The first-order valence-electron chi connectivity index (χ1n) is 9.50. The smallest absolute Gasteiger partial charge is 0.280 e. The van der Waals surface area contributed by atoms with E-state index in [1.54, 1.807) is 18.0 Å². The average molecular weight is 401 g/mol. The van der Waals surface area contributed by atoms with E-state index in [-0.39, 0.29) is 34.9 Å². The molecule has 1 fully saturated rings. The van der Waals surface area contributed by atoms with Gasteiger partial charge in [0.05, 0.1) is 17.6 Å². The molecule has 152 valence electrons. The summed E-state index contributed by atoms with van der Waals surface area (Å²) in [5.41, 5.74) is 1.26. The highest BCUT2D eigenvalue weighted by molar-refractivity contribution is 5.92. The van der Waals surface area contributed by atoms with Crippen molar-refractivity contribution in [1.82, 2.24) is 34.4 Å². The monoisotopic (exact) mass is 401 g/mol. The second-order valence-corrected chi connectivity index (χ2v) is 7.40. The van der Waals surface area contributed by atoms with Gasteiger partial charge in [0.1, 0.15) is 17.7 Å². The van der Waals surface area contributed by atoms with Crippen LogP contribution < -0.4 is 0 Å². The molecule has 2 atom stereocenters. The molecule has 0 spiro atoms. The lowest BCUT2D eigenvalue weighted by Gasteiger charge is -2.27. The Bertz CT molecular complexity index is 1020. The minimum Gasteiger partial charge on any atom is -0.337 e. The molecule has 10 heteroatoms. The van der Waals surface area contributed by atoms with Crippen molar-refractivity contribution < 1.29 is 13.6 Å². The van der Waals surface area contributed by atoms with Crippen molar-refractivity contribution in [2.45, 2.75) is 39.0 Å². The Morgan fingerprint density at radius 3 is 2.79 bits per heavy atom. The van der Waals surface area contributed by atoms with Crippen LogP contribution in [0.3, 0.4) is 0 Å². The summed E-state index contributed by atoms with van der Waals surface area (Å²) in [6.45, 7) is 4.81. The van der Waals surface area contributed by atoms with Gasteiger partial charge >= 0.3 is 0 Å². The topological polar surface area (TPSA) is 89.2 Å². The lowest BCUT2D eigenvalue weighted by Crippen LogP contribution is -2.36. The maximum atomic E-state index is 13.4. The Hall–Kier alpha value is -3.04. The van der Waals surface area contributed by atoms with Crippen molar-refractivity contribution in [3.63, 3.8) is 0 Å². The van der Waals surface area contributed by atoms with Crippen LogP contribution in [0.15, 0.2) is 24.8 Å². The van der Waals surface area contributed by atoms with Gasteiger partial charge in [0.2, 0.25) is 0 Å². The first-order chi connectivity index (χ1) is 13.9. The van der Waals surface area contributed by atoms with Crippen LogP contribution >= 0.6 is 0 Å². The molecule has 1 saturated heterocycles. The van der Waals surface area contributed by atoms with Gasteiger partial charge in [-0.05, 0) is 31.7 Å². The van der Waals surface area contributed by atoms with Crippen molar-refractivity contribution in [3.05, 3.63) is 47.6 Å². The van der Waals surface area contributed by atoms with Gasteiger partial charge in [0.25, 0.3) is 18.1 Å².